The first-order chi connectivity index (χ1) is 11.1. The molecular formula is C16H24N4O3. The van der Waals surface area contributed by atoms with Crippen LogP contribution in [-0.4, -0.2) is 63.8 Å². The van der Waals surface area contributed by atoms with Crippen LogP contribution in [0.2, 0.25) is 0 Å². The lowest BCUT2D eigenvalue weighted by molar-refractivity contribution is 0.0630. The summed E-state index contributed by atoms with van der Waals surface area (Å²) in [7, 11) is 0. The molecule has 1 aromatic heterocycles. The fourth-order valence-corrected chi connectivity index (χ4v) is 3.54. The van der Waals surface area contributed by atoms with E-state index in [9.17, 15) is 9.59 Å². The van der Waals surface area contributed by atoms with Gasteiger partial charge in [0.25, 0.3) is 5.91 Å². The molecule has 7 nitrogen and oxygen atoms in total. The molecule has 1 atom stereocenters. The average Bonchev–Trinajstić information content (AvgIpc) is 3.17. The maximum absolute atomic E-state index is 12.3. The minimum atomic E-state index is -0.199. The number of carbonyl (C=O) groups excluding carboxylic acids is 2. The van der Waals surface area contributed by atoms with Crippen LogP contribution in [-0.2, 0) is 4.74 Å². The lowest BCUT2D eigenvalue weighted by atomic mass is 9.98. The predicted octanol–water partition coefficient (Wildman–Crippen LogP) is 1.88. The quantitative estimate of drug-likeness (QED) is 0.919. The number of aromatic amines is 1. The summed E-state index contributed by atoms with van der Waals surface area (Å²) in [6.45, 7) is 6.13. The van der Waals surface area contributed by atoms with Gasteiger partial charge in [0.15, 0.2) is 0 Å². The number of nitrogens with zero attached hydrogens (tertiary/aromatic N) is 3. The molecule has 0 aromatic carbocycles. The van der Waals surface area contributed by atoms with Gasteiger partial charge in [-0.1, -0.05) is 13.8 Å². The standard InChI is InChI=1S/C16H24N4O3/c1-11(2)7-14-10-23-16(22)20(14)13-3-5-19(6-4-13)15(21)12-8-17-18-9-12/h8-9,11,13-14H,3-7,10H2,1-2H3,(H,17,18)/t14-/m1/s1. The van der Waals surface area contributed by atoms with Gasteiger partial charge in [0.2, 0.25) is 0 Å². The molecule has 7 heteroatoms. The molecule has 0 unspecified atom stereocenters. The van der Waals surface area contributed by atoms with Gasteiger partial charge >= 0.3 is 6.09 Å². The van der Waals surface area contributed by atoms with Crippen LogP contribution in [0, 0.1) is 5.92 Å². The molecule has 2 saturated heterocycles. The Hall–Kier alpha value is -2.05. The van der Waals surface area contributed by atoms with Crippen LogP contribution in [0.4, 0.5) is 4.79 Å². The van der Waals surface area contributed by atoms with Crippen LogP contribution in [0.3, 0.4) is 0 Å². The number of cyclic esters (lactones) is 1. The van der Waals surface area contributed by atoms with Crippen molar-refractivity contribution < 1.29 is 14.3 Å². The predicted molar refractivity (Wildman–Crippen MR) is 83.9 cm³/mol. The first-order valence-electron chi connectivity index (χ1n) is 8.29. The van der Waals surface area contributed by atoms with Gasteiger partial charge in [0, 0.05) is 25.3 Å². The molecule has 0 saturated carbocycles. The summed E-state index contributed by atoms with van der Waals surface area (Å²) >= 11 is 0. The number of nitrogens with one attached hydrogen (secondary N) is 1. The Morgan fingerprint density at radius 3 is 2.78 bits per heavy atom. The Labute approximate surface area is 136 Å². The Kier molecular flexibility index (Phi) is 4.54. The summed E-state index contributed by atoms with van der Waals surface area (Å²) in [6, 6.07) is 0.339. The highest BCUT2D eigenvalue weighted by molar-refractivity contribution is 5.93. The molecule has 3 heterocycles. The summed E-state index contributed by atoms with van der Waals surface area (Å²) in [6.07, 6.45) is 5.52. The number of hydrogen-bond donors (Lipinski definition) is 1. The summed E-state index contributed by atoms with van der Waals surface area (Å²) in [5.41, 5.74) is 0.585. The van der Waals surface area contributed by atoms with Crippen LogP contribution in [0.5, 0.6) is 0 Å². The van der Waals surface area contributed by atoms with Crippen molar-refractivity contribution in [2.45, 2.75) is 45.2 Å². The number of piperidine rings is 1. The highest BCUT2D eigenvalue weighted by Crippen LogP contribution is 2.27. The van der Waals surface area contributed by atoms with Crippen molar-refractivity contribution in [3.63, 3.8) is 0 Å². The minimum Gasteiger partial charge on any atom is -0.447 e. The molecule has 2 amide bonds. The number of carbonyl (C=O) groups is 2. The zero-order chi connectivity index (χ0) is 16.4. The van der Waals surface area contributed by atoms with E-state index < -0.39 is 0 Å². The van der Waals surface area contributed by atoms with Crippen molar-refractivity contribution in [3.8, 4) is 0 Å². The van der Waals surface area contributed by atoms with Gasteiger partial charge in [-0.15, -0.1) is 0 Å². The van der Waals surface area contributed by atoms with Crippen molar-refractivity contribution in [1.29, 1.82) is 0 Å². The van der Waals surface area contributed by atoms with E-state index in [1.807, 2.05) is 9.80 Å². The number of rotatable bonds is 4. The van der Waals surface area contributed by atoms with Crippen molar-refractivity contribution >= 4 is 12.0 Å². The Balaban J connectivity index is 1.59. The molecule has 0 aliphatic carbocycles. The van der Waals surface area contributed by atoms with Gasteiger partial charge in [-0.2, -0.15) is 5.10 Å². The number of hydrogen-bond acceptors (Lipinski definition) is 4. The topological polar surface area (TPSA) is 78.5 Å². The largest absolute Gasteiger partial charge is 0.447 e. The number of amides is 2. The van der Waals surface area contributed by atoms with Crippen LogP contribution in [0.1, 0.15) is 43.5 Å². The van der Waals surface area contributed by atoms with Gasteiger partial charge in [-0.3, -0.25) is 14.8 Å². The van der Waals surface area contributed by atoms with E-state index in [4.69, 9.17) is 4.74 Å². The van der Waals surface area contributed by atoms with Gasteiger partial charge in [-0.25, -0.2) is 4.79 Å². The van der Waals surface area contributed by atoms with E-state index in [2.05, 4.69) is 24.0 Å². The van der Waals surface area contributed by atoms with Crippen molar-refractivity contribution in [2.75, 3.05) is 19.7 Å². The van der Waals surface area contributed by atoms with Crippen LogP contribution in [0.25, 0.3) is 0 Å². The molecule has 0 bridgehead atoms. The van der Waals surface area contributed by atoms with Crippen molar-refractivity contribution in [1.82, 2.24) is 20.0 Å². The summed E-state index contributed by atoms with van der Waals surface area (Å²) in [5.74, 6) is 0.527. The Bertz CT molecular complexity index is 550. The first-order valence-corrected chi connectivity index (χ1v) is 8.29. The lowest BCUT2D eigenvalue weighted by Crippen LogP contribution is -2.50. The molecule has 2 fully saturated rings. The van der Waals surface area contributed by atoms with Gasteiger partial charge in [0.1, 0.15) is 6.61 Å². The zero-order valence-electron chi connectivity index (χ0n) is 13.7. The Morgan fingerprint density at radius 2 is 2.17 bits per heavy atom. The normalized spacial score (nSPS) is 22.7. The molecule has 2 aliphatic heterocycles. The zero-order valence-corrected chi connectivity index (χ0v) is 13.7. The van der Waals surface area contributed by atoms with E-state index in [0.717, 1.165) is 19.3 Å². The Morgan fingerprint density at radius 1 is 1.43 bits per heavy atom. The number of likely N-dealkylation sites (tertiary alicyclic amines) is 1. The number of ether oxygens (including phenoxy) is 1. The number of aromatic nitrogens is 2. The summed E-state index contributed by atoms with van der Waals surface area (Å²) in [5, 5.41) is 6.49. The van der Waals surface area contributed by atoms with Crippen LogP contribution >= 0.6 is 0 Å². The van der Waals surface area contributed by atoms with Crippen LogP contribution in [0.15, 0.2) is 12.4 Å². The number of H-pyrrole nitrogens is 1. The molecule has 23 heavy (non-hydrogen) atoms. The fraction of sp³-hybridized carbons (Fsp3) is 0.688. The van der Waals surface area contributed by atoms with E-state index in [1.165, 1.54) is 0 Å². The smallest absolute Gasteiger partial charge is 0.410 e. The van der Waals surface area contributed by atoms with Crippen LogP contribution < -0.4 is 0 Å². The first kappa shape index (κ1) is 15.8. The molecule has 0 radical (unpaired) electrons. The molecule has 2 aliphatic rings. The van der Waals surface area contributed by atoms with E-state index >= 15 is 0 Å². The monoisotopic (exact) mass is 320 g/mol. The summed E-state index contributed by atoms with van der Waals surface area (Å²) in [4.78, 5) is 28.2. The maximum atomic E-state index is 12.3. The molecule has 126 valence electrons. The van der Waals surface area contributed by atoms with Gasteiger partial charge < -0.3 is 9.64 Å². The third-order valence-corrected chi connectivity index (χ3v) is 4.64. The van der Waals surface area contributed by atoms with Crippen molar-refractivity contribution in [3.05, 3.63) is 18.0 Å². The van der Waals surface area contributed by atoms with E-state index in [-0.39, 0.29) is 24.1 Å². The minimum absolute atomic E-state index is 0.0000658. The van der Waals surface area contributed by atoms with E-state index in [1.54, 1.807) is 12.4 Å². The third kappa shape index (κ3) is 3.33. The molecule has 0 spiro atoms. The SMILES string of the molecule is CC(C)C[C@@H]1COC(=O)N1C1CCN(C(=O)c2cn[nH]c2)CC1. The highest BCUT2D eigenvalue weighted by atomic mass is 16.6. The summed E-state index contributed by atoms with van der Waals surface area (Å²) < 4.78 is 5.26. The van der Waals surface area contributed by atoms with Gasteiger partial charge in [-0.05, 0) is 25.2 Å². The molecular weight excluding hydrogens is 296 g/mol. The average molecular weight is 320 g/mol. The molecule has 1 aromatic rings. The maximum Gasteiger partial charge on any atom is 0.410 e. The molecule has 3 rings (SSSR count). The lowest BCUT2D eigenvalue weighted by Gasteiger charge is -2.38. The fourth-order valence-electron chi connectivity index (χ4n) is 3.54. The molecule has 1 N–H and O–H groups in total. The van der Waals surface area contributed by atoms with Gasteiger partial charge in [0.05, 0.1) is 17.8 Å². The highest BCUT2D eigenvalue weighted by Gasteiger charge is 2.39. The second-order valence-electron chi connectivity index (χ2n) is 6.78. The second kappa shape index (κ2) is 6.60. The second-order valence-corrected chi connectivity index (χ2v) is 6.78. The van der Waals surface area contributed by atoms with E-state index in [0.29, 0.717) is 31.2 Å². The van der Waals surface area contributed by atoms with Crippen molar-refractivity contribution in [2.24, 2.45) is 5.92 Å². The third-order valence-electron chi connectivity index (χ3n) is 4.64.